The smallest absolute Gasteiger partial charge is 0.126 e. The summed E-state index contributed by atoms with van der Waals surface area (Å²) in [6.45, 7) is 6.37. The highest BCUT2D eigenvalue weighted by molar-refractivity contribution is 5.35. The average Bonchev–Trinajstić information content (AvgIpc) is 2.74. The first kappa shape index (κ1) is 13.5. The number of hydrogen-bond acceptors (Lipinski definition) is 2. The zero-order chi connectivity index (χ0) is 13.1. The molecule has 0 bridgehead atoms. The molecular weight excluding hydrogens is 227 g/mol. The Morgan fingerprint density at radius 3 is 2.94 bits per heavy atom. The highest BCUT2D eigenvalue weighted by atomic mass is 19.1. The fourth-order valence-electron chi connectivity index (χ4n) is 2.50. The molecule has 0 spiro atoms. The zero-order valence-corrected chi connectivity index (χ0v) is 11.5. The maximum absolute atomic E-state index is 13.6. The lowest BCUT2D eigenvalue weighted by atomic mass is 10.1. The largest absolute Gasteiger partial charge is 0.309 e. The molecule has 1 unspecified atom stereocenters. The topological polar surface area (TPSA) is 15.3 Å². The first-order chi connectivity index (χ1) is 8.59. The normalized spacial score (nSPS) is 18.7. The van der Waals surface area contributed by atoms with Crippen molar-refractivity contribution in [1.82, 2.24) is 10.2 Å². The second-order valence-electron chi connectivity index (χ2n) is 5.43. The predicted octanol–water partition coefficient (Wildman–Crippen LogP) is 2.74. The minimum atomic E-state index is -0.0453. The summed E-state index contributed by atoms with van der Waals surface area (Å²) >= 11 is 0. The van der Waals surface area contributed by atoms with Crippen molar-refractivity contribution in [2.24, 2.45) is 0 Å². The van der Waals surface area contributed by atoms with Gasteiger partial charge in [-0.25, -0.2) is 4.39 Å². The van der Waals surface area contributed by atoms with Crippen LogP contribution in [0.4, 0.5) is 4.39 Å². The molecule has 1 atom stereocenters. The Morgan fingerprint density at radius 1 is 1.44 bits per heavy atom. The van der Waals surface area contributed by atoms with Crippen LogP contribution >= 0.6 is 0 Å². The van der Waals surface area contributed by atoms with Crippen LogP contribution in [0.2, 0.25) is 0 Å². The fraction of sp³-hybridized carbons (Fsp3) is 0.600. The van der Waals surface area contributed by atoms with E-state index < -0.39 is 0 Å². The Labute approximate surface area is 109 Å². The molecule has 0 saturated carbocycles. The molecule has 0 amide bonds. The van der Waals surface area contributed by atoms with Crippen LogP contribution in [0.1, 0.15) is 37.4 Å². The van der Waals surface area contributed by atoms with Crippen molar-refractivity contribution in [2.45, 2.75) is 38.8 Å². The van der Waals surface area contributed by atoms with Gasteiger partial charge < -0.3 is 10.2 Å². The number of fused-ring (bicyclic) bond motifs is 1. The molecule has 2 nitrogen and oxygen atoms in total. The Kier molecular flexibility index (Phi) is 4.36. The lowest BCUT2D eigenvalue weighted by molar-refractivity contribution is 0.269. The van der Waals surface area contributed by atoms with Crippen LogP contribution in [-0.4, -0.2) is 31.1 Å². The van der Waals surface area contributed by atoms with Crippen molar-refractivity contribution in [2.75, 3.05) is 20.1 Å². The molecule has 1 aromatic carbocycles. The first-order valence-electron chi connectivity index (χ1n) is 6.80. The molecule has 18 heavy (non-hydrogen) atoms. The summed E-state index contributed by atoms with van der Waals surface area (Å²) in [5.74, 6) is -0.0453. The number of nitrogens with one attached hydrogen (secondary N) is 1. The fourth-order valence-corrected chi connectivity index (χ4v) is 2.50. The number of hydrogen-bond donors (Lipinski definition) is 1. The summed E-state index contributed by atoms with van der Waals surface area (Å²) < 4.78 is 13.6. The quantitative estimate of drug-likeness (QED) is 0.864. The van der Waals surface area contributed by atoms with Gasteiger partial charge in [-0.05, 0) is 50.9 Å². The molecule has 2 rings (SSSR count). The van der Waals surface area contributed by atoms with E-state index in [4.69, 9.17) is 0 Å². The molecule has 1 aliphatic rings. The molecule has 0 aliphatic heterocycles. The minimum Gasteiger partial charge on any atom is -0.309 e. The van der Waals surface area contributed by atoms with Crippen LogP contribution in [0.25, 0.3) is 0 Å². The van der Waals surface area contributed by atoms with Crippen molar-refractivity contribution in [1.29, 1.82) is 0 Å². The van der Waals surface area contributed by atoms with Crippen LogP contribution in [0.3, 0.4) is 0 Å². The number of benzene rings is 1. The van der Waals surface area contributed by atoms with E-state index in [1.54, 1.807) is 6.07 Å². The van der Waals surface area contributed by atoms with Gasteiger partial charge in [-0.1, -0.05) is 12.1 Å². The highest BCUT2D eigenvalue weighted by Gasteiger charge is 2.24. The number of halogens is 1. The van der Waals surface area contributed by atoms with E-state index in [9.17, 15) is 4.39 Å². The highest BCUT2D eigenvalue weighted by Crippen LogP contribution is 2.32. The van der Waals surface area contributed by atoms with Crippen molar-refractivity contribution >= 4 is 0 Å². The molecule has 100 valence electrons. The summed E-state index contributed by atoms with van der Waals surface area (Å²) in [4.78, 5) is 2.31. The second-order valence-corrected chi connectivity index (χ2v) is 5.43. The van der Waals surface area contributed by atoms with E-state index in [1.807, 2.05) is 6.07 Å². The minimum absolute atomic E-state index is 0.0453. The maximum Gasteiger partial charge on any atom is 0.126 e. The Hall–Kier alpha value is -0.930. The molecule has 0 aromatic heterocycles. The lowest BCUT2D eigenvalue weighted by Crippen LogP contribution is -2.34. The molecule has 0 heterocycles. The van der Waals surface area contributed by atoms with Gasteiger partial charge in [0.1, 0.15) is 5.82 Å². The summed E-state index contributed by atoms with van der Waals surface area (Å²) in [7, 11) is 2.13. The Morgan fingerprint density at radius 2 is 2.22 bits per heavy atom. The van der Waals surface area contributed by atoms with Crippen LogP contribution in [-0.2, 0) is 6.42 Å². The lowest BCUT2D eigenvalue weighted by Gasteiger charge is -2.22. The van der Waals surface area contributed by atoms with Crippen molar-refractivity contribution in [3.05, 3.63) is 35.1 Å². The summed E-state index contributed by atoms with van der Waals surface area (Å²) in [6.07, 6.45) is 1.88. The maximum atomic E-state index is 13.6. The van der Waals surface area contributed by atoms with Crippen LogP contribution in [0.5, 0.6) is 0 Å². The van der Waals surface area contributed by atoms with E-state index >= 15 is 0 Å². The summed E-state index contributed by atoms with van der Waals surface area (Å²) in [5.41, 5.74) is 2.06. The van der Waals surface area contributed by atoms with Crippen LogP contribution in [0, 0.1) is 5.82 Å². The van der Waals surface area contributed by atoms with Gasteiger partial charge in [0.05, 0.1) is 0 Å². The standard InChI is InChI=1S/C15H23FN2/c1-11(2)18(3)10-9-17-15-8-7-12-13(15)5-4-6-14(12)16/h4-6,11,15,17H,7-10H2,1-3H3. The van der Waals surface area contributed by atoms with Gasteiger partial charge in [0, 0.05) is 25.2 Å². The molecule has 0 fully saturated rings. The van der Waals surface area contributed by atoms with Gasteiger partial charge in [-0.2, -0.15) is 0 Å². The monoisotopic (exact) mass is 250 g/mol. The van der Waals surface area contributed by atoms with E-state index in [1.165, 1.54) is 0 Å². The van der Waals surface area contributed by atoms with E-state index in [2.05, 4.69) is 37.2 Å². The number of likely N-dealkylation sites (N-methyl/N-ethyl adjacent to an activating group) is 1. The predicted molar refractivity (Wildman–Crippen MR) is 73.2 cm³/mol. The second kappa shape index (κ2) is 5.81. The zero-order valence-electron chi connectivity index (χ0n) is 11.5. The van der Waals surface area contributed by atoms with Crippen LogP contribution in [0.15, 0.2) is 18.2 Å². The Balaban J connectivity index is 1.89. The SMILES string of the molecule is CC(C)N(C)CCNC1CCc2c(F)cccc21. The van der Waals surface area contributed by atoms with Gasteiger partial charge in [-0.3, -0.25) is 0 Å². The van der Waals surface area contributed by atoms with E-state index in [0.29, 0.717) is 12.1 Å². The average molecular weight is 250 g/mol. The first-order valence-corrected chi connectivity index (χ1v) is 6.80. The van der Waals surface area contributed by atoms with Crippen molar-refractivity contribution in [3.8, 4) is 0 Å². The Bertz CT molecular complexity index is 403. The van der Waals surface area contributed by atoms with Gasteiger partial charge in [-0.15, -0.1) is 0 Å². The third kappa shape index (κ3) is 2.90. The molecule has 3 heteroatoms. The third-order valence-electron chi connectivity index (χ3n) is 3.95. The van der Waals surface area contributed by atoms with Gasteiger partial charge in [0.15, 0.2) is 0 Å². The summed E-state index contributed by atoms with van der Waals surface area (Å²) in [5, 5.41) is 3.54. The van der Waals surface area contributed by atoms with Gasteiger partial charge in [0.25, 0.3) is 0 Å². The molecule has 0 saturated heterocycles. The van der Waals surface area contributed by atoms with Gasteiger partial charge >= 0.3 is 0 Å². The number of nitrogens with zero attached hydrogens (tertiary/aromatic N) is 1. The molecule has 1 aromatic rings. The van der Waals surface area contributed by atoms with Gasteiger partial charge in [0.2, 0.25) is 0 Å². The van der Waals surface area contributed by atoms with E-state index in [0.717, 1.165) is 37.1 Å². The molecule has 0 radical (unpaired) electrons. The molecule has 1 N–H and O–H groups in total. The summed E-state index contributed by atoms with van der Waals surface area (Å²) in [6, 6.07) is 6.33. The van der Waals surface area contributed by atoms with Crippen LogP contribution < -0.4 is 5.32 Å². The van der Waals surface area contributed by atoms with E-state index in [-0.39, 0.29) is 5.82 Å². The van der Waals surface area contributed by atoms with Crippen molar-refractivity contribution < 1.29 is 4.39 Å². The molecule has 1 aliphatic carbocycles. The number of rotatable bonds is 5. The molecular formula is C15H23FN2. The third-order valence-corrected chi connectivity index (χ3v) is 3.95. The van der Waals surface area contributed by atoms with Crippen molar-refractivity contribution in [3.63, 3.8) is 0 Å².